The number of nitrogens with two attached hydrogens (primary N) is 4. The van der Waals surface area contributed by atoms with Crippen LogP contribution in [0, 0.1) is 0 Å². The first-order valence-electron chi connectivity index (χ1n) is 1.67. The molecule has 0 saturated heterocycles. The van der Waals surface area contributed by atoms with Gasteiger partial charge in [-0.2, -0.15) is 0 Å². The van der Waals surface area contributed by atoms with Gasteiger partial charge >= 0.3 is 13.7 Å². The Kier molecular flexibility index (Phi) is 2.19. The molecule has 0 aromatic heterocycles. The third-order valence-corrected chi connectivity index (χ3v) is 0.444. The smallest absolute Gasteiger partial charge is 0.301 e. The molecular weight excluding hydrogens is 77.7 g/mol. The molecule has 0 aliphatic rings. The van der Waals surface area contributed by atoms with Gasteiger partial charge in [0.1, 0.15) is 0 Å². The molecule has 0 amide bonds. The first-order chi connectivity index (χ1) is 2.64. The van der Waals surface area contributed by atoms with Crippen LogP contribution >= 0.6 is 0 Å². The fourth-order valence-electron chi connectivity index (χ4n) is 0. The third kappa shape index (κ3) is 2.22. The van der Waals surface area contributed by atoms with Gasteiger partial charge < -0.3 is 22.6 Å². The van der Waals surface area contributed by atoms with E-state index in [-0.39, 0.29) is 0 Å². The summed E-state index contributed by atoms with van der Waals surface area (Å²) in [7, 11) is 0. The summed E-state index contributed by atoms with van der Waals surface area (Å²) < 4.78 is 0. The molecule has 0 atom stereocenters. The van der Waals surface area contributed by atoms with Crippen LogP contribution in [0.2, 0.25) is 0 Å². The van der Waals surface area contributed by atoms with E-state index in [4.69, 9.17) is 22.6 Å². The highest BCUT2D eigenvalue weighted by Gasteiger charge is 2.11. The molecule has 0 heterocycles. The van der Waals surface area contributed by atoms with Gasteiger partial charge in [-0.25, -0.2) is 0 Å². The maximum atomic E-state index is 4.96. The Labute approximate surface area is 37.5 Å². The van der Waals surface area contributed by atoms with Crippen molar-refractivity contribution in [1.29, 1.82) is 0 Å². The molecule has 0 aliphatic carbocycles. The van der Waals surface area contributed by atoms with Crippen LogP contribution in [0.3, 0.4) is 0 Å². The molecule has 8 N–H and O–H groups in total. The van der Waals surface area contributed by atoms with Crippen LogP contribution in [-0.4, -0.2) is 13.7 Å². The molecule has 0 bridgehead atoms. The van der Waals surface area contributed by atoms with E-state index in [0.717, 1.165) is 0 Å². The van der Waals surface area contributed by atoms with Crippen molar-refractivity contribution < 1.29 is 0 Å². The van der Waals surface area contributed by atoms with Gasteiger partial charge in [0.15, 0.2) is 0 Å². The monoisotopic (exact) mass is 86.1 g/mol. The zero-order valence-electron chi connectivity index (χ0n) is 3.46. The van der Waals surface area contributed by atoms with E-state index in [1.807, 2.05) is 0 Å². The first kappa shape index (κ1) is 5.97. The van der Waals surface area contributed by atoms with Crippen molar-refractivity contribution in [3.63, 3.8) is 0 Å². The van der Waals surface area contributed by atoms with Crippen LogP contribution in [0.1, 0.15) is 0 Å². The van der Waals surface area contributed by atoms with E-state index in [9.17, 15) is 0 Å². The molecule has 6 heteroatoms. The fraction of sp³-hybridized carbons (Fsp3) is 0. The van der Waals surface area contributed by atoms with Crippen LogP contribution in [0.4, 0.5) is 0 Å². The Bertz CT molecular complexity index is 26.5. The van der Waals surface area contributed by atoms with Gasteiger partial charge in [-0.3, -0.25) is 0 Å². The van der Waals surface area contributed by atoms with Crippen molar-refractivity contribution in [2.75, 3.05) is 0 Å². The Balaban J connectivity index is 2.99. The minimum absolute atomic E-state index is 0.593. The van der Waals surface area contributed by atoms with Gasteiger partial charge in [-0.1, -0.05) is 0 Å². The molecule has 0 aromatic carbocycles. The predicted molar refractivity (Wildman–Crippen MR) is 28.3 cm³/mol. The Morgan fingerprint density at radius 1 is 0.667 bits per heavy atom. The molecule has 4 nitrogen and oxygen atoms in total. The van der Waals surface area contributed by atoms with E-state index in [1.54, 1.807) is 0 Å². The topological polar surface area (TPSA) is 104 Å². The second kappa shape index (κ2) is 2.20. The normalized spacial score (nSPS) is 8.00. The minimum atomic E-state index is -0.593. The summed E-state index contributed by atoms with van der Waals surface area (Å²) in [6.45, 7) is -1.19. The summed E-state index contributed by atoms with van der Waals surface area (Å²) in [4.78, 5) is 0. The highest BCUT2D eigenvalue weighted by atomic mass is 14.7. The molecule has 0 spiro atoms. The predicted octanol–water partition coefficient (Wildman–Crippen LogP) is -3.12. The van der Waals surface area contributed by atoms with Gasteiger partial charge in [0.25, 0.3) is 0 Å². The molecule has 6 heavy (non-hydrogen) atoms. The summed E-state index contributed by atoms with van der Waals surface area (Å²) in [5, 5.41) is 0. The third-order valence-electron chi connectivity index (χ3n) is 0.444. The zero-order valence-corrected chi connectivity index (χ0v) is 3.46. The van der Waals surface area contributed by atoms with Gasteiger partial charge in [-0.15, -0.1) is 0 Å². The Morgan fingerprint density at radius 2 is 0.833 bits per heavy atom. The summed E-state index contributed by atoms with van der Waals surface area (Å²) >= 11 is 0. The standard InChI is InChI=1S/B2H8N4/c3-1(4)2(5)6/h3-6H2. The quantitative estimate of drug-likeness (QED) is 0.253. The van der Waals surface area contributed by atoms with Crippen molar-refractivity contribution in [3.05, 3.63) is 0 Å². The maximum absolute atomic E-state index is 4.96. The van der Waals surface area contributed by atoms with E-state index in [2.05, 4.69) is 0 Å². The minimum Gasteiger partial charge on any atom is -0.360 e. The van der Waals surface area contributed by atoms with Crippen LogP contribution in [0.25, 0.3) is 0 Å². The second-order valence-electron chi connectivity index (χ2n) is 1.15. The average Bonchev–Trinajstić information content (AvgIpc) is 1.36. The van der Waals surface area contributed by atoms with Gasteiger partial charge in [0.05, 0.1) is 0 Å². The number of hydrogen-bond donors (Lipinski definition) is 4. The van der Waals surface area contributed by atoms with Gasteiger partial charge in [0, 0.05) is 0 Å². The van der Waals surface area contributed by atoms with Crippen molar-refractivity contribution in [1.82, 2.24) is 0 Å². The summed E-state index contributed by atoms with van der Waals surface area (Å²) in [5.74, 6) is 0. The summed E-state index contributed by atoms with van der Waals surface area (Å²) in [6.07, 6.45) is 0. The van der Waals surface area contributed by atoms with E-state index >= 15 is 0 Å². The maximum Gasteiger partial charge on any atom is 0.301 e. The van der Waals surface area contributed by atoms with Crippen molar-refractivity contribution >= 4 is 13.7 Å². The van der Waals surface area contributed by atoms with Gasteiger partial charge in [-0.05, 0) is 0 Å². The van der Waals surface area contributed by atoms with Crippen LogP contribution in [0.5, 0.6) is 0 Å². The lowest BCUT2D eigenvalue weighted by Crippen LogP contribution is -2.62. The van der Waals surface area contributed by atoms with Crippen LogP contribution in [0.15, 0.2) is 0 Å². The van der Waals surface area contributed by atoms with E-state index < -0.39 is 13.7 Å². The summed E-state index contributed by atoms with van der Waals surface area (Å²) in [6, 6.07) is 0. The Hall–Kier alpha value is -0.0301. The number of hydrogen-bond acceptors (Lipinski definition) is 4. The first-order valence-corrected chi connectivity index (χ1v) is 1.67. The second-order valence-corrected chi connectivity index (χ2v) is 1.15. The molecule has 0 aliphatic heterocycles. The average molecular weight is 85.7 g/mol. The number of rotatable bonds is 1. The zero-order chi connectivity index (χ0) is 5.15. The molecule has 0 radical (unpaired) electrons. The van der Waals surface area contributed by atoms with Crippen molar-refractivity contribution in [2.24, 2.45) is 22.6 Å². The molecule has 0 saturated carbocycles. The fourth-order valence-corrected chi connectivity index (χ4v) is 0. The highest BCUT2D eigenvalue weighted by Crippen LogP contribution is 1.44. The van der Waals surface area contributed by atoms with Crippen LogP contribution in [-0.2, 0) is 0 Å². The van der Waals surface area contributed by atoms with Crippen molar-refractivity contribution in [2.45, 2.75) is 0 Å². The highest BCUT2D eigenvalue weighted by molar-refractivity contribution is 7.16. The molecule has 0 rings (SSSR count). The van der Waals surface area contributed by atoms with Gasteiger partial charge in [0.2, 0.25) is 0 Å². The molecular formula is H8B2N4. The molecule has 0 fully saturated rings. The lowest BCUT2D eigenvalue weighted by atomic mass is 9.38. The van der Waals surface area contributed by atoms with E-state index in [1.165, 1.54) is 0 Å². The largest absolute Gasteiger partial charge is 0.360 e. The molecule has 0 unspecified atom stereocenters. The molecule has 0 aromatic rings. The lowest BCUT2D eigenvalue weighted by molar-refractivity contribution is 1.62. The molecule has 34 valence electrons. The Morgan fingerprint density at radius 3 is 0.833 bits per heavy atom. The SMILES string of the molecule is NB(N)B(N)N. The van der Waals surface area contributed by atoms with E-state index in [0.29, 0.717) is 0 Å². The summed E-state index contributed by atoms with van der Waals surface area (Å²) in [5.41, 5.74) is 19.9. The lowest BCUT2D eigenvalue weighted by Gasteiger charge is -1.95. The van der Waals surface area contributed by atoms with Crippen LogP contribution < -0.4 is 22.6 Å². The van der Waals surface area contributed by atoms with Crippen molar-refractivity contribution in [3.8, 4) is 0 Å².